The van der Waals surface area contributed by atoms with Gasteiger partial charge in [0.15, 0.2) is 17.2 Å². The van der Waals surface area contributed by atoms with Gasteiger partial charge in [-0.3, -0.25) is 9.59 Å². The van der Waals surface area contributed by atoms with E-state index in [0.717, 1.165) is 38.9 Å². The molecule has 2 aliphatic rings. The molecule has 0 unspecified atom stereocenters. The highest BCUT2D eigenvalue weighted by Crippen LogP contribution is 2.36. The second-order valence-electron chi connectivity index (χ2n) is 10.7. The lowest BCUT2D eigenvalue weighted by Gasteiger charge is -2.33. The molecular weight excluding hydrogens is 554 g/mol. The molecule has 1 N–H and O–H groups in total. The molecule has 0 bridgehead atoms. The molecule has 9 heteroatoms. The largest absolute Gasteiger partial charge is 0.487 e. The highest BCUT2D eigenvalue weighted by atomic mass is 35.5. The molecule has 5 rings (SSSR count). The monoisotopic (exact) mass is 591 g/mol. The molecule has 3 aromatic carbocycles. The van der Waals surface area contributed by atoms with Crippen LogP contribution in [0.3, 0.4) is 0 Å². The maximum atomic E-state index is 13.5. The maximum absolute atomic E-state index is 13.5. The number of halogens is 1. The molecular formula is C33H38ClN3O5. The number of hydrogen-bond acceptors (Lipinski definition) is 6. The van der Waals surface area contributed by atoms with Crippen LogP contribution in [-0.2, 0) is 20.7 Å². The minimum atomic E-state index is -0.328. The van der Waals surface area contributed by atoms with Crippen molar-refractivity contribution in [3.8, 4) is 17.2 Å². The zero-order valence-corrected chi connectivity index (χ0v) is 24.6. The van der Waals surface area contributed by atoms with Crippen LogP contribution >= 0.6 is 11.6 Å². The average Bonchev–Trinajstić information content (AvgIpc) is 3.00. The van der Waals surface area contributed by atoms with Crippen molar-refractivity contribution in [2.24, 2.45) is 5.92 Å². The van der Waals surface area contributed by atoms with Gasteiger partial charge < -0.3 is 29.3 Å². The Kier molecular flexibility index (Phi) is 10.7. The first-order valence-electron chi connectivity index (χ1n) is 14.6. The normalized spacial score (nSPS) is 17.5. The van der Waals surface area contributed by atoms with Crippen LogP contribution in [0.15, 0.2) is 72.8 Å². The summed E-state index contributed by atoms with van der Waals surface area (Å²) < 4.78 is 17.8. The van der Waals surface area contributed by atoms with Gasteiger partial charge in [0.05, 0.1) is 25.4 Å². The third-order valence-corrected chi connectivity index (χ3v) is 7.93. The Morgan fingerprint density at radius 1 is 0.881 bits per heavy atom. The van der Waals surface area contributed by atoms with Gasteiger partial charge in [-0.2, -0.15) is 0 Å². The summed E-state index contributed by atoms with van der Waals surface area (Å²) in [4.78, 5) is 30.7. The van der Waals surface area contributed by atoms with E-state index in [4.69, 9.17) is 25.8 Å². The first-order valence-corrected chi connectivity index (χ1v) is 15.0. The van der Waals surface area contributed by atoms with Crippen molar-refractivity contribution in [2.45, 2.75) is 25.7 Å². The number of rotatable bonds is 5. The second kappa shape index (κ2) is 15.0. The van der Waals surface area contributed by atoms with E-state index in [2.05, 4.69) is 34.5 Å². The number of para-hydroxylation sites is 2. The topological polar surface area (TPSA) is 80.3 Å². The van der Waals surface area contributed by atoms with Gasteiger partial charge >= 0.3 is 0 Å². The zero-order chi connectivity index (χ0) is 29.1. The Morgan fingerprint density at radius 2 is 1.64 bits per heavy atom. The Hall–Kier alpha value is -3.59. The molecule has 1 saturated heterocycles. The highest BCUT2D eigenvalue weighted by molar-refractivity contribution is 6.31. The standard InChI is InChI=1S/C33H38ClN3O5/c34-27-10-11-29-28(23-27)35-32(38)24-37(18-19-40-20-21-41-30-8-4-5-9-31(30)42-29)33(39)22-26-13-16-36(17-14-26)15-12-25-6-2-1-3-7-25/h1-11,23,26H,12-22,24H2,(H,35,38). The van der Waals surface area contributed by atoms with Crippen molar-refractivity contribution >= 4 is 29.1 Å². The van der Waals surface area contributed by atoms with Crippen molar-refractivity contribution in [2.75, 3.05) is 57.9 Å². The first-order chi connectivity index (χ1) is 20.5. The maximum Gasteiger partial charge on any atom is 0.244 e. The lowest BCUT2D eigenvalue weighted by Crippen LogP contribution is -2.42. The molecule has 0 aliphatic carbocycles. The van der Waals surface area contributed by atoms with Crippen LogP contribution in [0.4, 0.5) is 5.69 Å². The van der Waals surface area contributed by atoms with Crippen molar-refractivity contribution in [1.82, 2.24) is 9.80 Å². The van der Waals surface area contributed by atoms with Gasteiger partial charge in [0.1, 0.15) is 6.61 Å². The number of hydrogen-bond donors (Lipinski definition) is 1. The molecule has 0 radical (unpaired) electrons. The third-order valence-electron chi connectivity index (χ3n) is 7.69. The van der Waals surface area contributed by atoms with Gasteiger partial charge in [-0.1, -0.05) is 54.1 Å². The number of piperidine rings is 1. The van der Waals surface area contributed by atoms with Crippen molar-refractivity contribution in [1.29, 1.82) is 0 Å². The summed E-state index contributed by atoms with van der Waals surface area (Å²) in [6, 6.07) is 22.9. The number of anilines is 1. The van der Waals surface area contributed by atoms with Crippen molar-refractivity contribution in [3.63, 3.8) is 0 Å². The number of nitrogens with zero attached hydrogens (tertiary/aromatic N) is 2. The Labute approximate surface area is 252 Å². The van der Waals surface area contributed by atoms with E-state index in [1.807, 2.05) is 24.3 Å². The number of benzene rings is 3. The molecule has 1 fully saturated rings. The summed E-state index contributed by atoms with van der Waals surface area (Å²) in [5.74, 6) is 1.43. The van der Waals surface area contributed by atoms with Crippen LogP contribution in [-0.4, -0.2) is 74.2 Å². The van der Waals surface area contributed by atoms with Crippen molar-refractivity contribution in [3.05, 3.63) is 83.4 Å². The lowest BCUT2D eigenvalue weighted by molar-refractivity contribution is -0.136. The molecule has 222 valence electrons. The van der Waals surface area contributed by atoms with E-state index >= 15 is 0 Å². The summed E-state index contributed by atoms with van der Waals surface area (Å²) >= 11 is 6.25. The van der Waals surface area contributed by atoms with Gasteiger partial charge in [-0.15, -0.1) is 0 Å². The molecule has 0 aromatic heterocycles. The number of likely N-dealkylation sites (tertiary alicyclic amines) is 1. The number of carbonyl (C=O) groups excluding carboxylic acids is 2. The molecule has 2 heterocycles. The van der Waals surface area contributed by atoms with Crippen LogP contribution in [0, 0.1) is 5.92 Å². The number of ether oxygens (including phenoxy) is 3. The van der Waals surface area contributed by atoms with Crippen LogP contribution < -0.4 is 14.8 Å². The quantitative estimate of drug-likeness (QED) is 0.413. The van der Waals surface area contributed by atoms with Crippen LogP contribution in [0.1, 0.15) is 24.8 Å². The molecule has 0 spiro atoms. The predicted octanol–water partition coefficient (Wildman–Crippen LogP) is 5.65. The Balaban J connectivity index is 1.20. The van der Waals surface area contributed by atoms with E-state index in [9.17, 15) is 9.59 Å². The Morgan fingerprint density at radius 3 is 2.45 bits per heavy atom. The van der Waals surface area contributed by atoms with E-state index < -0.39 is 0 Å². The fourth-order valence-electron chi connectivity index (χ4n) is 5.33. The van der Waals surface area contributed by atoms with E-state index in [-0.39, 0.29) is 18.4 Å². The molecule has 0 saturated carbocycles. The summed E-state index contributed by atoms with van der Waals surface area (Å²) in [7, 11) is 0. The molecule has 2 aliphatic heterocycles. The molecule has 42 heavy (non-hydrogen) atoms. The van der Waals surface area contributed by atoms with E-state index in [1.165, 1.54) is 5.56 Å². The minimum absolute atomic E-state index is 0.0352. The summed E-state index contributed by atoms with van der Waals surface area (Å²) in [5.41, 5.74) is 1.77. The van der Waals surface area contributed by atoms with Gasteiger partial charge in [-0.05, 0) is 74.2 Å². The molecule has 3 aromatic rings. The van der Waals surface area contributed by atoms with Gasteiger partial charge in [0, 0.05) is 24.5 Å². The van der Waals surface area contributed by atoms with Gasteiger partial charge in [-0.25, -0.2) is 0 Å². The highest BCUT2D eigenvalue weighted by Gasteiger charge is 2.25. The number of amides is 2. The molecule has 8 nitrogen and oxygen atoms in total. The minimum Gasteiger partial charge on any atom is -0.487 e. The molecule has 2 amide bonds. The van der Waals surface area contributed by atoms with E-state index in [0.29, 0.717) is 66.7 Å². The first kappa shape index (κ1) is 29.9. The summed E-state index contributed by atoms with van der Waals surface area (Å²) in [5, 5.41) is 3.35. The van der Waals surface area contributed by atoms with Crippen LogP contribution in [0.2, 0.25) is 5.02 Å². The second-order valence-corrected chi connectivity index (χ2v) is 11.2. The van der Waals surface area contributed by atoms with Gasteiger partial charge in [0.2, 0.25) is 11.8 Å². The van der Waals surface area contributed by atoms with E-state index in [1.54, 1.807) is 29.2 Å². The third kappa shape index (κ3) is 8.71. The summed E-state index contributed by atoms with van der Waals surface area (Å²) in [6.45, 7) is 4.19. The average molecular weight is 592 g/mol. The lowest BCUT2D eigenvalue weighted by atomic mass is 9.92. The van der Waals surface area contributed by atoms with Crippen molar-refractivity contribution < 1.29 is 23.8 Å². The number of carbonyl (C=O) groups is 2. The number of fused-ring (bicyclic) bond motifs is 2. The zero-order valence-electron chi connectivity index (χ0n) is 23.8. The smallest absolute Gasteiger partial charge is 0.244 e. The van der Waals surface area contributed by atoms with Crippen LogP contribution in [0.25, 0.3) is 0 Å². The fourth-order valence-corrected chi connectivity index (χ4v) is 5.50. The van der Waals surface area contributed by atoms with Gasteiger partial charge in [0.25, 0.3) is 0 Å². The molecule has 0 atom stereocenters. The fraction of sp³-hybridized carbons (Fsp3) is 0.394. The summed E-state index contributed by atoms with van der Waals surface area (Å²) in [6.07, 6.45) is 3.39. The predicted molar refractivity (Wildman–Crippen MR) is 163 cm³/mol. The van der Waals surface area contributed by atoms with Crippen LogP contribution in [0.5, 0.6) is 17.2 Å². The number of nitrogens with one attached hydrogen (secondary N) is 1. The Bertz CT molecular complexity index is 1330. The SMILES string of the molecule is O=C1CN(C(=O)CC2CCN(CCc3ccccc3)CC2)CCOCCOc2ccccc2Oc2ccc(Cl)cc2N1.